The zero-order valence-corrected chi connectivity index (χ0v) is 16.1. The number of allylic oxidation sites excluding steroid dienone is 1. The molecule has 26 heavy (non-hydrogen) atoms. The van der Waals surface area contributed by atoms with Gasteiger partial charge in [0.05, 0.1) is 6.61 Å². The predicted molar refractivity (Wildman–Crippen MR) is 108 cm³/mol. The van der Waals surface area contributed by atoms with Gasteiger partial charge in [0, 0.05) is 17.7 Å². The lowest BCUT2D eigenvalue weighted by Gasteiger charge is -2.32. The molecule has 0 radical (unpaired) electrons. The first kappa shape index (κ1) is 18.2. The molecule has 0 saturated heterocycles. The van der Waals surface area contributed by atoms with E-state index in [9.17, 15) is 4.79 Å². The summed E-state index contributed by atoms with van der Waals surface area (Å²) in [7, 11) is 0. The minimum Gasteiger partial charge on any atom is -0.493 e. The van der Waals surface area contributed by atoms with Crippen LogP contribution in [0.1, 0.15) is 61.2 Å². The molecule has 2 aromatic rings. The highest BCUT2D eigenvalue weighted by molar-refractivity contribution is 5.94. The molecule has 136 valence electrons. The lowest BCUT2D eigenvalue weighted by Crippen LogP contribution is -2.26. The Morgan fingerprint density at radius 2 is 1.85 bits per heavy atom. The summed E-state index contributed by atoms with van der Waals surface area (Å²) in [6.45, 7) is 10.0. The molecule has 3 rings (SSSR count). The van der Waals surface area contributed by atoms with Crippen molar-refractivity contribution in [2.24, 2.45) is 0 Å². The van der Waals surface area contributed by atoms with Crippen LogP contribution in [0.5, 0.6) is 5.75 Å². The van der Waals surface area contributed by atoms with Crippen molar-refractivity contribution in [1.82, 2.24) is 5.32 Å². The largest absolute Gasteiger partial charge is 0.493 e. The topological polar surface area (TPSA) is 38.3 Å². The first-order valence-electron chi connectivity index (χ1n) is 9.25. The highest BCUT2D eigenvalue weighted by atomic mass is 16.5. The van der Waals surface area contributed by atoms with Gasteiger partial charge in [0.1, 0.15) is 5.75 Å². The quantitative estimate of drug-likeness (QED) is 0.784. The molecule has 0 aliphatic carbocycles. The average Bonchev–Trinajstić information content (AvgIpc) is 2.62. The Balaban J connectivity index is 1.85. The highest BCUT2D eigenvalue weighted by Crippen LogP contribution is 2.39. The maximum atomic E-state index is 11.9. The smallest absolute Gasteiger partial charge is 0.251 e. The van der Waals surface area contributed by atoms with Crippen LogP contribution in [-0.2, 0) is 5.41 Å². The maximum absolute atomic E-state index is 11.9. The number of carbonyl (C=O) groups excluding carboxylic acids is 1. The van der Waals surface area contributed by atoms with Crippen LogP contribution in [-0.4, -0.2) is 19.1 Å². The molecule has 0 aromatic heterocycles. The van der Waals surface area contributed by atoms with E-state index in [0.29, 0.717) is 12.1 Å². The molecule has 1 aliphatic rings. The Bertz CT molecular complexity index is 832. The van der Waals surface area contributed by atoms with Crippen molar-refractivity contribution in [2.45, 2.75) is 39.5 Å². The van der Waals surface area contributed by atoms with Gasteiger partial charge in [0.25, 0.3) is 5.91 Å². The molecule has 0 saturated carbocycles. The molecule has 1 N–H and O–H groups in total. The first-order chi connectivity index (χ1) is 12.4. The van der Waals surface area contributed by atoms with Crippen molar-refractivity contribution < 1.29 is 9.53 Å². The molecule has 0 atom stereocenters. The molecule has 0 spiro atoms. The fourth-order valence-electron chi connectivity index (χ4n) is 3.31. The normalized spacial score (nSPS) is 15.8. The number of hydrogen-bond acceptors (Lipinski definition) is 2. The summed E-state index contributed by atoms with van der Waals surface area (Å²) in [6.07, 6.45) is 3.19. The fourth-order valence-corrected chi connectivity index (χ4v) is 3.31. The van der Waals surface area contributed by atoms with Gasteiger partial charge >= 0.3 is 0 Å². The monoisotopic (exact) mass is 349 g/mol. The van der Waals surface area contributed by atoms with E-state index < -0.39 is 0 Å². The SMILES string of the molecule is CCNC(=O)c1ccc(C=C(C)c2ccc3c(c2)C(C)(C)CCO3)cc1. The molecule has 0 unspecified atom stereocenters. The summed E-state index contributed by atoms with van der Waals surface area (Å²) in [5.74, 6) is 0.973. The second-order valence-electron chi connectivity index (χ2n) is 7.50. The summed E-state index contributed by atoms with van der Waals surface area (Å²) in [4.78, 5) is 11.9. The van der Waals surface area contributed by atoms with E-state index in [1.165, 1.54) is 16.7 Å². The van der Waals surface area contributed by atoms with E-state index in [-0.39, 0.29) is 11.3 Å². The van der Waals surface area contributed by atoms with Crippen LogP contribution in [0.3, 0.4) is 0 Å². The summed E-state index contributed by atoms with van der Waals surface area (Å²) in [6, 6.07) is 14.2. The number of nitrogens with one attached hydrogen (secondary N) is 1. The van der Waals surface area contributed by atoms with Gasteiger partial charge in [0.2, 0.25) is 0 Å². The molecule has 1 amide bonds. The van der Waals surface area contributed by atoms with Crippen molar-refractivity contribution in [3.8, 4) is 5.75 Å². The number of amides is 1. The van der Waals surface area contributed by atoms with Gasteiger partial charge in [-0.15, -0.1) is 0 Å². The molecule has 0 bridgehead atoms. The van der Waals surface area contributed by atoms with Gasteiger partial charge in [-0.3, -0.25) is 4.79 Å². The number of carbonyl (C=O) groups is 1. The molecule has 2 aromatic carbocycles. The second-order valence-corrected chi connectivity index (χ2v) is 7.50. The Morgan fingerprint density at radius 1 is 1.15 bits per heavy atom. The van der Waals surface area contributed by atoms with Gasteiger partial charge in [-0.25, -0.2) is 0 Å². The van der Waals surface area contributed by atoms with Crippen molar-refractivity contribution in [3.05, 3.63) is 64.7 Å². The lowest BCUT2D eigenvalue weighted by molar-refractivity contribution is 0.0956. The van der Waals surface area contributed by atoms with E-state index in [4.69, 9.17) is 4.74 Å². The van der Waals surface area contributed by atoms with Crippen LogP contribution < -0.4 is 10.1 Å². The summed E-state index contributed by atoms with van der Waals surface area (Å²) in [5, 5.41) is 2.82. The van der Waals surface area contributed by atoms with Gasteiger partial charge in [-0.1, -0.05) is 38.1 Å². The number of rotatable bonds is 4. The third-order valence-corrected chi connectivity index (χ3v) is 5.04. The van der Waals surface area contributed by atoms with E-state index in [1.807, 2.05) is 31.2 Å². The number of fused-ring (bicyclic) bond motifs is 1. The highest BCUT2D eigenvalue weighted by Gasteiger charge is 2.28. The Kier molecular flexibility index (Phi) is 5.17. The number of hydrogen-bond donors (Lipinski definition) is 1. The maximum Gasteiger partial charge on any atom is 0.251 e. The lowest BCUT2D eigenvalue weighted by atomic mass is 9.79. The molecule has 1 aliphatic heterocycles. The molecule has 3 nitrogen and oxygen atoms in total. The van der Waals surface area contributed by atoms with E-state index >= 15 is 0 Å². The molecule has 1 heterocycles. The number of ether oxygens (including phenoxy) is 1. The molecular formula is C23H27NO2. The van der Waals surface area contributed by atoms with Crippen LogP contribution in [0.2, 0.25) is 0 Å². The van der Waals surface area contributed by atoms with Crippen LogP contribution >= 0.6 is 0 Å². The standard InChI is InChI=1S/C23H27NO2/c1-5-24-22(25)18-8-6-17(7-9-18)14-16(2)19-10-11-21-20(15-19)23(3,4)12-13-26-21/h6-11,14-15H,5,12-13H2,1-4H3,(H,24,25). The van der Waals surface area contributed by atoms with Crippen LogP contribution in [0.4, 0.5) is 0 Å². The zero-order valence-electron chi connectivity index (χ0n) is 16.1. The zero-order chi connectivity index (χ0) is 18.7. The van der Waals surface area contributed by atoms with E-state index in [0.717, 1.165) is 24.3 Å². The van der Waals surface area contributed by atoms with Crippen molar-refractivity contribution in [3.63, 3.8) is 0 Å². The Hall–Kier alpha value is -2.55. The molecule has 3 heteroatoms. The third kappa shape index (κ3) is 3.82. The van der Waals surface area contributed by atoms with Crippen molar-refractivity contribution in [2.75, 3.05) is 13.2 Å². The van der Waals surface area contributed by atoms with Gasteiger partial charge in [-0.05, 0) is 66.6 Å². The summed E-state index contributed by atoms with van der Waals surface area (Å²) in [5.41, 5.74) is 5.59. The van der Waals surface area contributed by atoms with Crippen LogP contribution in [0, 0.1) is 0 Å². The fraction of sp³-hybridized carbons (Fsp3) is 0.348. The van der Waals surface area contributed by atoms with Gasteiger partial charge in [0.15, 0.2) is 0 Å². The van der Waals surface area contributed by atoms with E-state index in [1.54, 1.807) is 0 Å². The predicted octanol–water partition coefficient (Wildman–Crippen LogP) is 5.06. The first-order valence-corrected chi connectivity index (χ1v) is 9.25. The molecule has 0 fully saturated rings. The Morgan fingerprint density at radius 3 is 2.54 bits per heavy atom. The van der Waals surface area contributed by atoms with Gasteiger partial charge in [-0.2, -0.15) is 0 Å². The second kappa shape index (κ2) is 7.36. The summed E-state index contributed by atoms with van der Waals surface area (Å²) < 4.78 is 5.81. The third-order valence-electron chi connectivity index (χ3n) is 5.04. The minimum absolute atomic E-state index is 0.0309. The minimum atomic E-state index is -0.0309. The van der Waals surface area contributed by atoms with Crippen LogP contribution in [0.25, 0.3) is 11.6 Å². The van der Waals surface area contributed by atoms with Gasteiger partial charge < -0.3 is 10.1 Å². The average molecular weight is 349 g/mol. The Labute approximate surface area is 156 Å². The van der Waals surface area contributed by atoms with Crippen molar-refractivity contribution in [1.29, 1.82) is 0 Å². The molecular weight excluding hydrogens is 322 g/mol. The van der Waals surface area contributed by atoms with Crippen LogP contribution in [0.15, 0.2) is 42.5 Å². The van der Waals surface area contributed by atoms with E-state index in [2.05, 4.69) is 50.4 Å². The number of benzene rings is 2. The summed E-state index contributed by atoms with van der Waals surface area (Å²) >= 11 is 0. The van der Waals surface area contributed by atoms with Crippen molar-refractivity contribution >= 4 is 17.6 Å².